The Kier molecular flexibility index (Phi) is 5.19. The first kappa shape index (κ1) is 13.2. The molecule has 0 spiro atoms. The van der Waals surface area contributed by atoms with Crippen LogP contribution in [0.1, 0.15) is 44.7 Å². The van der Waals surface area contributed by atoms with E-state index in [0.717, 1.165) is 25.7 Å². The van der Waals surface area contributed by atoms with Crippen LogP contribution in [0.4, 0.5) is 0 Å². The molecule has 0 fully saturated rings. The third-order valence-corrected chi connectivity index (χ3v) is 2.36. The summed E-state index contributed by atoms with van der Waals surface area (Å²) in [5.41, 5.74) is 8.23. The first-order valence-corrected chi connectivity index (χ1v) is 5.83. The molecule has 94 valence electrons. The second kappa shape index (κ2) is 6.67. The first-order chi connectivity index (χ1) is 8.13. The molecule has 4 N–H and O–H groups in total. The SMILES string of the molecule is CCCCCCC(=O)Nn1ccc(C(=N)N)n1. The summed E-state index contributed by atoms with van der Waals surface area (Å²) >= 11 is 0. The summed E-state index contributed by atoms with van der Waals surface area (Å²) in [6, 6.07) is 1.58. The summed E-state index contributed by atoms with van der Waals surface area (Å²) in [6.45, 7) is 2.13. The lowest BCUT2D eigenvalue weighted by atomic mass is 10.1. The van der Waals surface area contributed by atoms with Gasteiger partial charge in [-0.3, -0.25) is 10.2 Å². The highest BCUT2D eigenvalue weighted by Crippen LogP contribution is 2.02. The Morgan fingerprint density at radius 1 is 1.53 bits per heavy atom. The molecule has 0 saturated heterocycles. The minimum atomic E-state index is -0.110. The Morgan fingerprint density at radius 2 is 2.29 bits per heavy atom. The largest absolute Gasteiger partial charge is 0.382 e. The molecule has 1 aromatic rings. The van der Waals surface area contributed by atoms with Gasteiger partial charge in [0.2, 0.25) is 5.91 Å². The summed E-state index contributed by atoms with van der Waals surface area (Å²) in [5.74, 6) is -0.180. The van der Waals surface area contributed by atoms with Crippen LogP contribution in [0, 0.1) is 5.41 Å². The van der Waals surface area contributed by atoms with Gasteiger partial charge in [0, 0.05) is 12.6 Å². The van der Waals surface area contributed by atoms with E-state index in [1.807, 2.05) is 0 Å². The average molecular weight is 237 g/mol. The van der Waals surface area contributed by atoms with E-state index in [2.05, 4.69) is 17.4 Å². The maximum atomic E-state index is 11.5. The third kappa shape index (κ3) is 4.67. The van der Waals surface area contributed by atoms with E-state index in [1.165, 1.54) is 4.79 Å². The number of hydrogen-bond acceptors (Lipinski definition) is 3. The van der Waals surface area contributed by atoms with Crippen LogP contribution in [0.15, 0.2) is 12.3 Å². The van der Waals surface area contributed by atoms with Crippen LogP contribution < -0.4 is 11.2 Å². The monoisotopic (exact) mass is 237 g/mol. The van der Waals surface area contributed by atoms with Crippen LogP contribution in [0.5, 0.6) is 0 Å². The van der Waals surface area contributed by atoms with E-state index < -0.39 is 0 Å². The Labute approximate surface area is 101 Å². The lowest BCUT2D eigenvalue weighted by molar-refractivity contribution is -0.117. The number of aromatic nitrogens is 2. The number of hydrogen-bond donors (Lipinski definition) is 3. The summed E-state index contributed by atoms with van der Waals surface area (Å²) in [5, 5.41) is 11.1. The molecular weight excluding hydrogens is 218 g/mol. The molecule has 0 aliphatic heterocycles. The Morgan fingerprint density at radius 3 is 2.88 bits per heavy atom. The number of nitrogens with zero attached hydrogens (tertiary/aromatic N) is 2. The van der Waals surface area contributed by atoms with Gasteiger partial charge in [0.1, 0.15) is 11.5 Å². The van der Waals surface area contributed by atoms with Gasteiger partial charge >= 0.3 is 0 Å². The van der Waals surface area contributed by atoms with E-state index in [-0.39, 0.29) is 11.7 Å². The zero-order valence-corrected chi connectivity index (χ0v) is 10.1. The molecule has 0 bridgehead atoms. The molecule has 0 aromatic carbocycles. The minimum absolute atomic E-state index is 0.0701. The number of amidine groups is 1. The maximum absolute atomic E-state index is 11.5. The smallest absolute Gasteiger partial charge is 0.240 e. The van der Waals surface area contributed by atoms with E-state index in [9.17, 15) is 4.79 Å². The topological polar surface area (TPSA) is 96.8 Å². The third-order valence-electron chi connectivity index (χ3n) is 2.36. The van der Waals surface area contributed by atoms with Gasteiger partial charge in [-0.25, -0.2) is 5.43 Å². The van der Waals surface area contributed by atoms with Crippen molar-refractivity contribution in [3.63, 3.8) is 0 Å². The van der Waals surface area contributed by atoms with Crippen molar-refractivity contribution in [3.8, 4) is 0 Å². The van der Waals surface area contributed by atoms with Crippen molar-refractivity contribution in [1.82, 2.24) is 9.89 Å². The highest BCUT2D eigenvalue weighted by Gasteiger charge is 2.04. The van der Waals surface area contributed by atoms with Crippen molar-refractivity contribution >= 4 is 11.7 Å². The lowest BCUT2D eigenvalue weighted by Crippen LogP contribution is -2.24. The van der Waals surface area contributed by atoms with Gasteiger partial charge in [-0.2, -0.15) is 4.79 Å². The van der Waals surface area contributed by atoms with Gasteiger partial charge in [-0.15, -0.1) is 5.10 Å². The second-order valence-electron chi connectivity index (χ2n) is 3.90. The zero-order chi connectivity index (χ0) is 12.7. The van der Waals surface area contributed by atoms with Crippen molar-refractivity contribution in [1.29, 1.82) is 5.41 Å². The van der Waals surface area contributed by atoms with Crippen molar-refractivity contribution in [3.05, 3.63) is 18.0 Å². The molecule has 17 heavy (non-hydrogen) atoms. The van der Waals surface area contributed by atoms with Crippen LogP contribution in [-0.4, -0.2) is 21.6 Å². The summed E-state index contributed by atoms with van der Waals surface area (Å²) in [6.07, 6.45) is 6.34. The number of nitrogen functional groups attached to an aromatic ring is 1. The van der Waals surface area contributed by atoms with Crippen LogP contribution in [-0.2, 0) is 4.79 Å². The number of carbonyl (C=O) groups is 1. The number of carbonyl (C=O) groups excluding carboxylic acids is 1. The van der Waals surface area contributed by atoms with E-state index in [4.69, 9.17) is 11.1 Å². The summed E-state index contributed by atoms with van der Waals surface area (Å²) in [7, 11) is 0. The molecule has 0 radical (unpaired) electrons. The van der Waals surface area contributed by atoms with Gasteiger partial charge in [0.25, 0.3) is 0 Å². The van der Waals surface area contributed by atoms with Gasteiger partial charge in [0.05, 0.1) is 0 Å². The van der Waals surface area contributed by atoms with Gasteiger partial charge < -0.3 is 5.73 Å². The maximum Gasteiger partial charge on any atom is 0.240 e. The fraction of sp³-hybridized carbons (Fsp3) is 0.545. The number of nitrogens with one attached hydrogen (secondary N) is 2. The van der Waals surface area contributed by atoms with Crippen molar-refractivity contribution in [2.24, 2.45) is 5.73 Å². The molecule has 6 heteroatoms. The van der Waals surface area contributed by atoms with Gasteiger partial charge in [0.15, 0.2) is 0 Å². The molecule has 0 unspecified atom stereocenters. The van der Waals surface area contributed by atoms with Crippen molar-refractivity contribution in [2.75, 3.05) is 5.43 Å². The predicted molar refractivity (Wildman–Crippen MR) is 66.4 cm³/mol. The molecule has 0 saturated carbocycles. The Bertz CT molecular complexity index is 385. The summed E-state index contributed by atoms with van der Waals surface area (Å²) < 4.78 is 0. The lowest BCUT2D eigenvalue weighted by Gasteiger charge is -2.04. The van der Waals surface area contributed by atoms with Gasteiger partial charge in [-0.1, -0.05) is 26.2 Å². The molecule has 6 nitrogen and oxygen atoms in total. The fourth-order valence-electron chi connectivity index (χ4n) is 1.43. The zero-order valence-electron chi connectivity index (χ0n) is 10.1. The quantitative estimate of drug-likeness (QED) is 0.377. The average Bonchev–Trinajstić information content (AvgIpc) is 2.73. The Balaban J connectivity index is 2.32. The van der Waals surface area contributed by atoms with E-state index in [0.29, 0.717) is 12.1 Å². The highest BCUT2D eigenvalue weighted by molar-refractivity contribution is 5.93. The molecule has 1 aromatic heterocycles. The van der Waals surface area contributed by atoms with Crippen molar-refractivity contribution in [2.45, 2.75) is 39.0 Å². The van der Waals surface area contributed by atoms with Crippen LogP contribution in [0.25, 0.3) is 0 Å². The minimum Gasteiger partial charge on any atom is -0.382 e. The molecular formula is C11H19N5O. The molecule has 0 aliphatic rings. The normalized spacial score (nSPS) is 10.2. The first-order valence-electron chi connectivity index (χ1n) is 5.83. The number of amides is 1. The molecule has 0 aliphatic carbocycles. The van der Waals surface area contributed by atoms with Gasteiger partial charge in [-0.05, 0) is 12.5 Å². The standard InChI is InChI=1S/C11H19N5O/c1-2-3-4-5-6-10(17)15-16-8-7-9(14-16)11(12)13/h7-8H,2-6H2,1H3,(H3,12,13)(H,15,17). The van der Waals surface area contributed by atoms with Crippen LogP contribution in [0.2, 0.25) is 0 Å². The van der Waals surface area contributed by atoms with Crippen LogP contribution >= 0.6 is 0 Å². The predicted octanol–water partition coefficient (Wildman–Crippen LogP) is 1.21. The molecule has 1 heterocycles. The van der Waals surface area contributed by atoms with Crippen molar-refractivity contribution < 1.29 is 4.79 Å². The number of unbranched alkanes of at least 4 members (excludes halogenated alkanes) is 3. The van der Waals surface area contributed by atoms with Crippen LogP contribution in [0.3, 0.4) is 0 Å². The molecule has 0 atom stereocenters. The second-order valence-corrected chi connectivity index (χ2v) is 3.90. The van der Waals surface area contributed by atoms with E-state index in [1.54, 1.807) is 12.3 Å². The molecule has 1 rings (SSSR count). The van der Waals surface area contributed by atoms with E-state index >= 15 is 0 Å². The number of rotatable bonds is 7. The highest BCUT2D eigenvalue weighted by atomic mass is 16.2. The summed E-state index contributed by atoms with van der Waals surface area (Å²) in [4.78, 5) is 12.8. The fourth-order valence-corrected chi connectivity index (χ4v) is 1.43. The molecule has 1 amide bonds. The Hall–Kier alpha value is -1.85. The number of nitrogens with two attached hydrogens (primary N) is 1.